The Bertz CT molecular complexity index is 300. The van der Waals surface area contributed by atoms with E-state index in [0.717, 1.165) is 13.0 Å². The summed E-state index contributed by atoms with van der Waals surface area (Å²) in [5.74, 6) is 0. The molecule has 0 spiro atoms. The molecule has 1 atom stereocenters. The van der Waals surface area contributed by atoms with Crippen LogP contribution >= 0.6 is 11.3 Å². The summed E-state index contributed by atoms with van der Waals surface area (Å²) >= 11 is 1.74. The summed E-state index contributed by atoms with van der Waals surface area (Å²) in [6.07, 6.45) is 7.61. The number of hydrogen-bond acceptors (Lipinski definition) is 3. The van der Waals surface area contributed by atoms with E-state index in [9.17, 15) is 0 Å². The van der Waals surface area contributed by atoms with Crippen LogP contribution in [0.25, 0.3) is 0 Å². The molecule has 1 aromatic rings. The van der Waals surface area contributed by atoms with E-state index in [1.807, 2.05) is 11.6 Å². The van der Waals surface area contributed by atoms with Crippen LogP contribution in [0.1, 0.15) is 38.6 Å². The zero-order valence-electron chi connectivity index (χ0n) is 10.5. The second-order valence-corrected chi connectivity index (χ2v) is 5.37. The van der Waals surface area contributed by atoms with Crippen molar-refractivity contribution in [2.45, 2.75) is 46.1 Å². The molecule has 0 aliphatic carbocycles. The van der Waals surface area contributed by atoms with Crippen molar-refractivity contribution in [3.63, 3.8) is 0 Å². The smallest absolute Gasteiger partial charge is 0.0937 e. The van der Waals surface area contributed by atoms with Crippen molar-refractivity contribution in [3.8, 4) is 0 Å². The van der Waals surface area contributed by atoms with E-state index >= 15 is 0 Å². The van der Waals surface area contributed by atoms with Gasteiger partial charge in [-0.2, -0.15) is 0 Å². The molecule has 2 nitrogen and oxygen atoms in total. The Hall–Kier alpha value is -0.670. The summed E-state index contributed by atoms with van der Waals surface area (Å²) in [5, 5.41) is 6.79. The lowest BCUT2D eigenvalue weighted by Gasteiger charge is -2.11. The van der Waals surface area contributed by atoms with Crippen LogP contribution in [0.4, 0.5) is 0 Å². The van der Waals surface area contributed by atoms with Gasteiger partial charge in [-0.1, -0.05) is 11.6 Å². The van der Waals surface area contributed by atoms with E-state index in [-0.39, 0.29) is 0 Å². The summed E-state index contributed by atoms with van der Waals surface area (Å²) in [4.78, 5) is 4.27. The van der Waals surface area contributed by atoms with Gasteiger partial charge in [0.15, 0.2) is 0 Å². The van der Waals surface area contributed by atoms with Crippen LogP contribution in [0.15, 0.2) is 23.2 Å². The van der Waals surface area contributed by atoms with Crippen LogP contribution in [0.2, 0.25) is 0 Å². The maximum Gasteiger partial charge on any atom is 0.0937 e. The van der Waals surface area contributed by atoms with E-state index in [4.69, 9.17) is 0 Å². The maximum absolute atomic E-state index is 4.27. The predicted octanol–water partition coefficient (Wildman–Crippen LogP) is 3.41. The topological polar surface area (TPSA) is 24.9 Å². The summed E-state index contributed by atoms with van der Waals surface area (Å²) < 4.78 is 0. The average molecular weight is 238 g/mol. The third-order valence-electron chi connectivity index (χ3n) is 2.47. The van der Waals surface area contributed by atoms with Gasteiger partial charge in [0.05, 0.1) is 5.01 Å². The SMILES string of the molecule is CC(C)=CCCC(C)NCCc1nccs1. The summed E-state index contributed by atoms with van der Waals surface area (Å²) in [6, 6.07) is 0.593. The highest BCUT2D eigenvalue weighted by atomic mass is 32.1. The second-order valence-electron chi connectivity index (χ2n) is 4.39. The molecule has 0 bridgehead atoms. The quantitative estimate of drug-likeness (QED) is 0.736. The van der Waals surface area contributed by atoms with Crippen LogP contribution in [-0.4, -0.2) is 17.6 Å². The van der Waals surface area contributed by atoms with Gasteiger partial charge in [-0.15, -0.1) is 11.3 Å². The lowest BCUT2D eigenvalue weighted by Crippen LogP contribution is -2.27. The number of nitrogens with zero attached hydrogens (tertiary/aromatic N) is 1. The van der Waals surface area contributed by atoms with E-state index in [2.05, 4.69) is 37.1 Å². The highest BCUT2D eigenvalue weighted by Crippen LogP contribution is 2.05. The van der Waals surface area contributed by atoms with Gasteiger partial charge in [0, 0.05) is 30.6 Å². The molecule has 0 radical (unpaired) electrons. The normalized spacial score (nSPS) is 12.4. The molecule has 1 N–H and O–H groups in total. The van der Waals surface area contributed by atoms with Crippen molar-refractivity contribution in [2.24, 2.45) is 0 Å². The molecule has 1 aromatic heterocycles. The molecule has 0 saturated carbocycles. The molecule has 0 aromatic carbocycles. The molecule has 0 amide bonds. The Morgan fingerprint density at radius 3 is 3.00 bits per heavy atom. The van der Waals surface area contributed by atoms with Gasteiger partial charge in [0.25, 0.3) is 0 Å². The molecule has 0 saturated heterocycles. The Kier molecular flexibility index (Phi) is 6.34. The maximum atomic E-state index is 4.27. The molecule has 1 rings (SSSR count). The number of allylic oxidation sites excluding steroid dienone is 2. The molecule has 1 heterocycles. The van der Waals surface area contributed by atoms with Gasteiger partial charge in [0.1, 0.15) is 0 Å². The van der Waals surface area contributed by atoms with E-state index in [0.29, 0.717) is 6.04 Å². The third-order valence-corrected chi connectivity index (χ3v) is 3.31. The van der Waals surface area contributed by atoms with Crippen LogP contribution in [-0.2, 0) is 6.42 Å². The Labute approximate surface area is 103 Å². The molecular formula is C13H22N2S. The summed E-state index contributed by atoms with van der Waals surface area (Å²) in [7, 11) is 0. The van der Waals surface area contributed by atoms with Crippen LogP contribution in [0, 0.1) is 0 Å². The van der Waals surface area contributed by atoms with Gasteiger partial charge in [-0.05, 0) is 33.6 Å². The molecule has 3 heteroatoms. The minimum atomic E-state index is 0.593. The van der Waals surface area contributed by atoms with Gasteiger partial charge in [0.2, 0.25) is 0 Å². The molecule has 0 aliphatic rings. The minimum Gasteiger partial charge on any atom is -0.314 e. The van der Waals surface area contributed by atoms with E-state index in [1.54, 1.807) is 11.3 Å². The fourth-order valence-corrected chi connectivity index (χ4v) is 2.15. The first-order valence-corrected chi connectivity index (χ1v) is 6.81. The number of aromatic nitrogens is 1. The summed E-state index contributed by atoms with van der Waals surface area (Å²) in [5.41, 5.74) is 1.41. The fraction of sp³-hybridized carbons (Fsp3) is 0.615. The first-order chi connectivity index (χ1) is 7.68. The fourth-order valence-electron chi connectivity index (χ4n) is 1.53. The van der Waals surface area contributed by atoms with E-state index < -0.39 is 0 Å². The van der Waals surface area contributed by atoms with Crippen LogP contribution < -0.4 is 5.32 Å². The number of nitrogens with one attached hydrogen (secondary N) is 1. The highest BCUT2D eigenvalue weighted by molar-refractivity contribution is 7.09. The minimum absolute atomic E-state index is 0.593. The van der Waals surface area contributed by atoms with E-state index in [1.165, 1.54) is 23.4 Å². The van der Waals surface area contributed by atoms with Crippen molar-refractivity contribution >= 4 is 11.3 Å². The van der Waals surface area contributed by atoms with Crippen molar-refractivity contribution in [1.29, 1.82) is 0 Å². The molecule has 0 fully saturated rings. The first kappa shape index (κ1) is 13.4. The van der Waals surface area contributed by atoms with Gasteiger partial charge >= 0.3 is 0 Å². The Balaban J connectivity index is 2.06. The van der Waals surface area contributed by atoms with Gasteiger partial charge < -0.3 is 5.32 Å². The number of hydrogen-bond donors (Lipinski definition) is 1. The molecule has 1 unspecified atom stereocenters. The monoisotopic (exact) mass is 238 g/mol. The predicted molar refractivity (Wildman–Crippen MR) is 71.9 cm³/mol. The van der Waals surface area contributed by atoms with Gasteiger partial charge in [-0.3, -0.25) is 0 Å². The zero-order chi connectivity index (χ0) is 11.8. The van der Waals surface area contributed by atoms with Crippen LogP contribution in [0.3, 0.4) is 0 Å². The lowest BCUT2D eigenvalue weighted by molar-refractivity contribution is 0.520. The molecule has 16 heavy (non-hydrogen) atoms. The Morgan fingerprint density at radius 1 is 1.56 bits per heavy atom. The van der Waals surface area contributed by atoms with Crippen LogP contribution in [0.5, 0.6) is 0 Å². The molecule has 0 aliphatic heterocycles. The third kappa shape index (κ3) is 6.03. The molecule has 90 valence electrons. The number of thiazole rings is 1. The van der Waals surface area contributed by atoms with Crippen molar-refractivity contribution in [1.82, 2.24) is 10.3 Å². The van der Waals surface area contributed by atoms with Crippen molar-refractivity contribution < 1.29 is 0 Å². The van der Waals surface area contributed by atoms with Crippen molar-refractivity contribution in [3.05, 3.63) is 28.2 Å². The zero-order valence-corrected chi connectivity index (χ0v) is 11.3. The first-order valence-electron chi connectivity index (χ1n) is 5.93. The Morgan fingerprint density at radius 2 is 2.38 bits per heavy atom. The lowest BCUT2D eigenvalue weighted by atomic mass is 10.1. The molecular weight excluding hydrogens is 216 g/mol. The summed E-state index contributed by atoms with van der Waals surface area (Å²) in [6.45, 7) is 7.59. The highest BCUT2D eigenvalue weighted by Gasteiger charge is 2.00. The standard InChI is InChI=1S/C13H22N2S/c1-11(2)5-4-6-12(3)14-8-7-13-15-9-10-16-13/h5,9-10,12,14H,4,6-8H2,1-3H3. The average Bonchev–Trinajstić information content (AvgIpc) is 2.70. The largest absolute Gasteiger partial charge is 0.314 e. The van der Waals surface area contributed by atoms with Gasteiger partial charge in [-0.25, -0.2) is 4.98 Å². The second kappa shape index (κ2) is 7.58. The van der Waals surface area contributed by atoms with Crippen molar-refractivity contribution in [2.75, 3.05) is 6.54 Å². The number of rotatable bonds is 7.